The van der Waals surface area contributed by atoms with E-state index in [1.165, 1.54) is 11.8 Å². The van der Waals surface area contributed by atoms with Gasteiger partial charge in [0.2, 0.25) is 11.8 Å². The van der Waals surface area contributed by atoms with Crippen LogP contribution in [0.5, 0.6) is 11.5 Å². The Hall–Kier alpha value is -3.47. The van der Waals surface area contributed by atoms with Gasteiger partial charge in [-0.05, 0) is 24.3 Å². The number of nitrogens with one attached hydrogen (secondary N) is 1. The van der Waals surface area contributed by atoms with Crippen molar-refractivity contribution in [3.8, 4) is 11.5 Å². The van der Waals surface area contributed by atoms with Gasteiger partial charge in [-0.2, -0.15) is 0 Å². The molecule has 0 fully saturated rings. The van der Waals surface area contributed by atoms with Crippen LogP contribution in [0.1, 0.15) is 18.0 Å². The van der Waals surface area contributed by atoms with Crippen molar-refractivity contribution in [1.82, 2.24) is 20.1 Å². The topological polar surface area (TPSA) is 134 Å². The van der Waals surface area contributed by atoms with Gasteiger partial charge in [-0.3, -0.25) is 14.2 Å². The highest BCUT2D eigenvalue weighted by molar-refractivity contribution is 7.99. The zero-order valence-electron chi connectivity index (χ0n) is 17.2. The standard InChI is InChI=1S/C21H23N5O5S/c22-18(27)7-8-19-24-25-21(26(19)11-14-4-3-9-29-14)32-13-20(28)23-10-15-12-30-16-5-1-2-6-17(16)31-15/h1-6,9,15H,7-8,10-13H2,(H2,22,27)(H,23,28). The van der Waals surface area contributed by atoms with Gasteiger partial charge in [-0.25, -0.2) is 0 Å². The number of carbonyl (C=O) groups is 2. The first-order valence-electron chi connectivity index (χ1n) is 10.1. The molecule has 0 radical (unpaired) electrons. The minimum atomic E-state index is -0.414. The molecule has 1 aliphatic heterocycles. The van der Waals surface area contributed by atoms with E-state index in [1.54, 1.807) is 12.3 Å². The van der Waals surface area contributed by atoms with Crippen molar-refractivity contribution >= 4 is 23.6 Å². The largest absolute Gasteiger partial charge is 0.486 e. The number of para-hydroxylation sites is 2. The molecule has 1 aliphatic rings. The second-order valence-electron chi connectivity index (χ2n) is 7.12. The van der Waals surface area contributed by atoms with Gasteiger partial charge in [0.1, 0.15) is 24.3 Å². The number of rotatable bonds is 10. The van der Waals surface area contributed by atoms with Crippen LogP contribution in [0.15, 0.2) is 52.2 Å². The molecular weight excluding hydrogens is 434 g/mol. The fourth-order valence-electron chi connectivity index (χ4n) is 3.14. The number of nitrogens with two attached hydrogens (primary N) is 1. The zero-order valence-corrected chi connectivity index (χ0v) is 18.0. The maximum absolute atomic E-state index is 12.4. The number of aromatic nitrogens is 3. The monoisotopic (exact) mass is 457 g/mol. The summed E-state index contributed by atoms with van der Waals surface area (Å²) in [5.74, 6) is 2.26. The quantitative estimate of drug-likeness (QED) is 0.436. The number of ether oxygens (including phenoxy) is 2. The molecule has 10 nitrogen and oxygen atoms in total. The van der Waals surface area contributed by atoms with E-state index in [1.807, 2.05) is 34.9 Å². The Balaban J connectivity index is 1.31. The number of thioether (sulfide) groups is 1. The van der Waals surface area contributed by atoms with Gasteiger partial charge in [0.15, 0.2) is 16.7 Å². The molecule has 0 saturated carbocycles. The van der Waals surface area contributed by atoms with Gasteiger partial charge < -0.3 is 24.9 Å². The highest BCUT2D eigenvalue weighted by atomic mass is 32.2. The predicted octanol–water partition coefficient (Wildman–Crippen LogP) is 1.39. The Morgan fingerprint density at radius 1 is 1.19 bits per heavy atom. The Labute approximate surface area is 188 Å². The van der Waals surface area contributed by atoms with E-state index >= 15 is 0 Å². The van der Waals surface area contributed by atoms with Crippen LogP contribution in [0, 0.1) is 0 Å². The van der Waals surface area contributed by atoms with Crippen molar-refractivity contribution in [3.05, 3.63) is 54.2 Å². The summed E-state index contributed by atoms with van der Waals surface area (Å²) in [5.41, 5.74) is 5.26. The Kier molecular flexibility index (Phi) is 6.95. The van der Waals surface area contributed by atoms with Crippen LogP contribution < -0.4 is 20.5 Å². The van der Waals surface area contributed by atoms with E-state index in [2.05, 4.69) is 15.5 Å². The van der Waals surface area contributed by atoms with Crippen molar-refractivity contribution < 1.29 is 23.5 Å². The fraction of sp³-hybridized carbons (Fsp3) is 0.333. The molecule has 1 unspecified atom stereocenters. The van der Waals surface area contributed by atoms with E-state index in [0.29, 0.717) is 54.4 Å². The number of aryl methyl sites for hydroxylation is 1. The summed E-state index contributed by atoms with van der Waals surface area (Å²) in [5, 5.41) is 11.8. The smallest absolute Gasteiger partial charge is 0.230 e. The second-order valence-corrected chi connectivity index (χ2v) is 8.06. The van der Waals surface area contributed by atoms with Crippen LogP contribution >= 0.6 is 11.8 Å². The first-order valence-corrected chi connectivity index (χ1v) is 11.1. The molecular formula is C21H23N5O5S. The van der Waals surface area contributed by atoms with Gasteiger partial charge in [0.05, 0.1) is 25.1 Å². The zero-order chi connectivity index (χ0) is 22.3. The molecule has 4 rings (SSSR count). The lowest BCUT2D eigenvalue weighted by Crippen LogP contribution is -2.41. The first-order chi connectivity index (χ1) is 15.6. The molecule has 3 heterocycles. The average Bonchev–Trinajstić information content (AvgIpc) is 3.45. The molecule has 1 atom stereocenters. The molecule has 0 aliphatic carbocycles. The number of amides is 2. The molecule has 2 aromatic heterocycles. The summed E-state index contributed by atoms with van der Waals surface area (Å²) in [7, 11) is 0. The van der Waals surface area contributed by atoms with Crippen LogP contribution in [0.2, 0.25) is 0 Å². The fourth-order valence-corrected chi connectivity index (χ4v) is 3.92. The third kappa shape index (κ3) is 5.61. The highest BCUT2D eigenvalue weighted by Crippen LogP contribution is 2.30. The molecule has 0 saturated heterocycles. The molecule has 0 spiro atoms. The highest BCUT2D eigenvalue weighted by Gasteiger charge is 2.21. The molecule has 2 amide bonds. The lowest BCUT2D eigenvalue weighted by Gasteiger charge is -2.26. The summed E-state index contributed by atoms with van der Waals surface area (Å²) in [6.07, 6.45) is 1.84. The van der Waals surface area contributed by atoms with E-state index in [9.17, 15) is 9.59 Å². The van der Waals surface area contributed by atoms with Crippen LogP contribution in [0.25, 0.3) is 0 Å². The lowest BCUT2D eigenvalue weighted by atomic mass is 10.2. The number of nitrogens with zero attached hydrogens (tertiary/aromatic N) is 3. The summed E-state index contributed by atoms with van der Waals surface area (Å²) in [6, 6.07) is 11.1. The number of carbonyl (C=O) groups excluding carboxylic acids is 2. The predicted molar refractivity (Wildman–Crippen MR) is 115 cm³/mol. The Bertz CT molecular complexity index is 1070. The normalized spacial score (nSPS) is 14.8. The summed E-state index contributed by atoms with van der Waals surface area (Å²) >= 11 is 1.25. The first kappa shape index (κ1) is 21.8. The van der Waals surface area contributed by atoms with Gasteiger partial charge in [0.25, 0.3) is 0 Å². The number of hydrogen-bond donors (Lipinski definition) is 2. The molecule has 32 heavy (non-hydrogen) atoms. The van der Waals surface area contributed by atoms with Crippen molar-refractivity contribution in [2.75, 3.05) is 18.9 Å². The third-order valence-corrected chi connectivity index (χ3v) is 5.68. The molecule has 0 bridgehead atoms. The number of fused-ring (bicyclic) bond motifs is 1. The molecule has 168 valence electrons. The minimum absolute atomic E-state index is 0.149. The third-order valence-electron chi connectivity index (χ3n) is 4.71. The summed E-state index contributed by atoms with van der Waals surface area (Å²) < 4.78 is 18.8. The molecule has 1 aromatic carbocycles. The van der Waals surface area contributed by atoms with Crippen molar-refractivity contribution in [2.24, 2.45) is 5.73 Å². The van der Waals surface area contributed by atoms with Crippen LogP contribution in [0.3, 0.4) is 0 Å². The number of furan rings is 1. The Morgan fingerprint density at radius 3 is 2.81 bits per heavy atom. The lowest BCUT2D eigenvalue weighted by molar-refractivity contribution is -0.119. The van der Waals surface area contributed by atoms with Crippen LogP contribution in [-0.2, 0) is 22.6 Å². The van der Waals surface area contributed by atoms with Crippen molar-refractivity contribution in [3.63, 3.8) is 0 Å². The van der Waals surface area contributed by atoms with Crippen molar-refractivity contribution in [2.45, 2.75) is 30.6 Å². The van der Waals surface area contributed by atoms with Gasteiger partial charge in [0, 0.05) is 12.8 Å². The van der Waals surface area contributed by atoms with Gasteiger partial charge in [-0.15, -0.1) is 10.2 Å². The second kappa shape index (κ2) is 10.2. The maximum atomic E-state index is 12.4. The molecule has 11 heteroatoms. The van der Waals surface area contributed by atoms with E-state index < -0.39 is 5.91 Å². The number of benzene rings is 1. The molecule has 3 aromatic rings. The van der Waals surface area contributed by atoms with E-state index in [0.717, 1.165) is 0 Å². The number of primary amides is 1. The average molecular weight is 458 g/mol. The number of hydrogen-bond acceptors (Lipinski definition) is 8. The SMILES string of the molecule is NC(=O)CCc1nnc(SCC(=O)NCC2COc3ccccc3O2)n1Cc1ccco1. The van der Waals surface area contributed by atoms with Crippen LogP contribution in [-0.4, -0.2) is 51.6 Å². The van der Waals surface area contributed by atoms with Gasteiger partial charge >= 0.3 is 0 Å². The van der Waals surface area contributed by atoms with E-state index in [-0.39, 0.29) is 24.2 Å². The van der Waals surface area contributed by atoms with E-state index in [4.69, 9.17) is 19.6 Å². The summed E-state index contributed by atoms with van der Waals surface area (Å²) in [4.78, 5) is 23.6. The van der Waals surface area contributed by atoms with Gasteiger partial charge in [-0.1, -0.05) is 23.9 Å². The van der Waals surface area contributed by atoms with Crippen LogP contribution in [0.4, 0.5) is 0 Å². The summed E-state index contributed by atoms with van der Waals surface area (Å²) in [6.45, 7) is 1.09. The molecule has 3 N–H and O–H groups in total. The van der Waals surface area contributed by atoms with Crippen molar-refractivity contribution in [1.29, 1.82) is 0 Å². The Morgan fingerprint density at radius 2 is 2.03 bits per heavy atom. The maximum Gasteiger partial charge on any atom is 0.230 e. The minimum Gasteiger partial charge on any atom is -0.486 e.